The molecule has 0 aliphatic carbocycles. The summed E-state index contributed by atoms with van der Waals surface area (Å²) < 4.78 is 27.9. The lowest BCUT2D eigenvalue weighted by Crippen LogP contribution is -2.16. The minimum Gasteiger partial charge on any atom is -0.232 e. The number of imidazole rings is 1. The van der Waals surface area contributed by atoms with Crippen molar-refractivity contribution in [2.24, 2.45) is 0 Å². The molecule has 0 unspecified atom stereocenters. The first-order chi connectivity index (χ1) is 12.0. The molecule has 0 N–H and O–H groups in total. The highest BCUT2D eigenvalue weighted by Crippen LogP contribution is 2.24. The summed E-state index contributed by atoms with van der Waals surface area (Å²) >= 11 is 0. The molecule has 0 saturated heterocycles. The first kappa shape index (κ1) is 17.7. The lowest BCUT2D eigenvalue weighted by atomic mass is 10.1. The average Bonchev–Trinajstić information content (AvgIpc) is 2.98. The maximum absolute atomic E-state index is 13.3. The largest absolute Gasteiger partial charge is 0.269 e. The second-order valence-electron chi connectivity index (χ2n) is 6.41. The Bertz CT molecular complexity index is 957. The van der Waals surface area contributed by atoms with Crippen molar-refractivity contribution in [1.29, 1.82) is 0 Å². The first-order valence-electron chi connectivity index (χ1n) is 8.82. The van der Waals surface area contributed by atoms with Crippen LogP contribution < -0.4 is 0 Å². The topological polar surface area (TPSA) is 52.0 Å². The van der Waals surface area contributed by atoms with Gasteiger partial charge in [-0.2, -0.15) is 0 Å². The zero-order chi connectivity index (χ0) is 17.9. The number of rotatable bonds is 7. The number of fused-ring (bicyclic) bond motifs is 1. The molecule has 0 bridgehead atoms. The molecule has 0 aliphatic heterocycles. The number of nitrogens with zero attached hydrogens (tertiary/aromatic N) is 2. The third-order valence-corrected chi connectivity index (χ3v) is 6.15. The molecule has 0 saturated carbocycles. The van der Waals surface area contributed by atoms with Gasteiger partial charge in [0.15, 0.2) is 0 Å². The number of benzene rings is 2. The zero-order valence-corrected chi connectivity index (χ0v) is 15.6. The standard InChI is InChI=1S/C20H24N2O2S/c1-3-4-5-6-11-20-21-18-9-7-8-10-19(18)22(20)25(23,24)17-14-12-16(2)13-15-17/h7-10,12-15H,3-6,11H2,1-2H3. The van der Waals surface area contributed by atoms with Gasteiger partial charge < -0.3 is 0 Å². The molecule has 0 spiro atoms. The van der Waals surface area contributed by atoms with Crippen molar-refractivity contribution in [3.05, 3.63) is 59.9 Å². The molecule has 2 aromatic carbocycles. The molecule has 25 heavy (non-hydrogen) atoms. The molecule has 0 atom stereocenters. The third kappa shape index (κ3) is 3.61. The van der Waals surface area contributed by atoms with Crippen LogP contribution in [0, 0.1) is 6.92 Å². The molecule has 4 nitrogen and oxygen atoms in total. The Morgan fingerprint density at radius 3 is 2.40 bits per heavy atom. The minimum absolute atomic E-state index is 0.302. The minimum atomic E-state index is -3.66. The SMILES string of the molecule is CCCCCCc1nc2ccccc2n1S(=O)(=O)c1ccc(C)cc1. The summed E-state index contributed by atoms with van der Waals surface area (Å²) in [6.45, 7) is 4.11. The molecule has 1 heterocycles. The Morgan fingerprint density at radius 1 is 0.960 bits per heavy atom. The summed E-state index contributed by atoms with van der Waals surface area (Å²) in [7, 11) is -3.66. The molecular weight excluding hydrogens is 332 g/mol. The van der Waals surface area contributed by atoms with Crippen LogP contribution in [0.3, 0.4) is 0 Å². The van der Waals surface area contributed by atoms with E-state index in [-0.39, 0.29) is 0 Å². The van der Waals surface area contributed by atoms with Crippen LogP contribution in [0.2, 0.25) is 0 Å². The normalized spacial score (nSPS) is 11.9. The number of unbranched alkanes of at least 4 members (excludes halogenated alkanes) is 3. The number of hydrogen-bond acceptors (Lipinski definition) is 3. The highest BCUT2D eigenvalue weighted by molar-refractivity contribution is 7.90. The molecular formula is C20H24N2O2S. The van der Waals surface area contributed by atoms with Gasteiger partial charge in [0.1, 0.15) is 5.82 Å². The zero-order valence-electron chi connectivity index (χ0n) is 14.8. The fourth-order valence-corrected chi connectivity index (χ4v) is 4.52. The molecule has 3 rings (SSSR count). The second kappa shape index (κ2) is 7.40. The van der Waals surface area contributed by atoms with E-state index >= 15 is 0 Å². The van der Waals surface area contributed by atoms with E-state index in [1.807, 2.05) is 43.3 Å². The number of para-hydroxylation sites is 2. The second-order valence-corrected chi connectivity index (χ2v) is 8.20. The van der Waals surface area contributed by atoms with Gasteiger partial charge in [-0.15, -0.1) is 0 Å². The van der Waals surface area contributed by atoms with Gasteiger partial charge in [-0.25, -0.2) is 17.4 Å². The molecule has 0 radical (unpaired) electrons. The van der Waals surface area contributed by atoms with Gasteiger partial charge >= 0.3 is 0 Å². The molecule has 0 aliphatic rings. The van der Waals surface area contributed by atoms with E-state index in [0.29, 0.717) is 22.7 Å². The van der Waals surface area contributed by atoms with Gasteiger partial charge in [0, 0.05) is 6.42 Å². The third-order valence-electron chi connectivity index (χ3n) is 4.40. The van der Waals surface area contributed by atoms with Crippen LogP contribution in [-0.4, -0.2) is 17.4 Å². The number of aromatic nitrogens is 2. The predicted octanol–water partition coefficient (Wildman–Crippen LogP) is 4.70. The molecule has 132 valence electrons. The quantitative estimate of drug-likeness (QED) is 0.576. The Kier molecular flexibility index (Phi) is 5.23. The smallest absolute Gasteiger partial charge is 0.232 e. The molecule has 5 heteroatoms. The molecule has 0 amide bonds. The summed E-state index contributed by atoms with van der Waals surface area (Å²) in [5, 5.41) is 0. The van der Waals surface area contributed by atoms with Gasteiger partial charge in [-0.3, -0.25) is 0 Å². The Hall–Kier alpha value is -2.14. The van der Waals surface area contributed by atoms with Crippen molar-refractivity contribution in [3.63, 3.8) is 0 Å². The summed E-state index contributed by atoms with van der Waals surface area (Å²) in [4.78, 5) is 4.91. The first-order valence-corrected chi connectivity index (χ1v) is 10.3. The fraction of sp³-hybridized carbons (Fsp3) is 0.350. The summed E-state index contributed by atoms with van der Waals surface area (Å²) in [5.74, 6) is 0.623. The lowest BCUT2D eigenvalue weighted by molar-refractivity contribution is 0.583. The van der Waals surface area contributed by atoms with Gasteiger partial charge in [-0.1, -0.05) is 56.0 Å². The maximum Gasteiger partial charge on any atom is 0.269 e. The highest BCUT2D eigenvalue weighted by atomic mass is 32.2. The van der Waals surface area contributed by atoms with Crippen molar-refractivity contribution in [1.82, 2.24) is 8.96 Å². The van der Waals surface area contributed by atoms with Gasteiger partial charge in [0.05, 0.1) is 15.9 Å². The van der Waals surface area contributed by atoms with E-state index in [2.05, 4.69) is 11.9 Å². The summed E-state index contributed by atoms with van der Waals surface area (Å²) in [5.41, 5.74) is 2.41. The van der Waals surface area contributed by atoms with Crippen LogP contribution in [0.1, 0.15) is 44.0 Å². The predicted molar refractivity (Wildman–Crippen MR) is 101 cm³/mol. The van der Waals surface area contributed by atoms with Crippen molar-refractivity contribution >= 4 is 21.1 Å². The summed E-state index contributed by atoms with van der Waals surface area (Å²) in [6, 6.07) is 14.4. The van der Waals surface area contributed by atoms with Gasteiger partial charge in [0.25, 0.3) is 10.0 Å². The van der Waals surface area contributed by atoms with Crippen molar-refractivity contribution in [2.75, 3.05) is 0 Å². The van der Waals surface area contributed by atoms with Crippen LogP contribution in [0.25, 0.3) is 11.0 Å². The van der Waals surface area contributed by atoms with E-state index in [4.69, 9.17) is 0 Å². The van der Waals surface area contributed by atoms with Crippen LogP contribution in [0.4, 0.5) is 0 Å². The van der Waals surface area contributed by atoms with E-state index in [1.165, 1.54) is 3.97 Å². The van der Waals surface area contributed by atoms with E-state index < -0.39 is 10.0 Å². The van der Waals surface area contributed by atoms with Gasteiger partial charge in [0.2, 0.25) is 0 Å². The Morgan fingerprint density at radius 2 is 1.68 bits per heavy atom. The van der Waals surface area contributed by atoms with E-state index in [1.54, 1.807) is 12.1 Å². The van der Waals surface area contributed by atoms with E-state index in [0.717, 1.165) is 36.8 Å². The van der Waals surface area contributed by atoms with Crippen molar-refractivity contribution < 1.29 is 8.42 Å². The Balaban J connectivity index is 2.07. The summed E-state index contributed by atoms with van der Waals surface area (Å²) in [6.07, 6.45) is 5.01. The van der Waals surface area contributed by atoms with Crippen LogP contribution in [-0.2, 0) is 16.4 Å². The van der Waals surface area contributed by atoms with Crippen molar-refractivity contribution in [3.8, 4) is 0 Å². The van der Waals surface area contributed by atoms with Crippen LogP contribution >= 0.6 is 0 Å². The average molecular weight is 356 g/mol. The number of hydrogen-bond donors (Lipinski definition) is 0. The van der Waals surface area contributed by atoms with Crippen LogP contribution in [0.5, 0.6) is 0 Å². The monoisotopic (exact) mass is 356 g/mol. The Labute approximate surface area is 149 Å². The molecule has 3 aromatic rings. The maximum atomic E-state index is 13.3. The molecule has 0 fully saturated rings. The van der Waals surface area contributed by atoms with Gasteiger partial charge in [-0.05, 0) is 37.6 Å². The van der Waals surface area contributed by atoms with Crippen LogP contribution in [0.15, 0.2) is 53.4 Å². The fourth-order valence-electron chi connectivity index (χ4n) is 3.01. The lowest BCUT2D eigenvalue weighted by Gasteiger charge is -2.11. The number of aryl methyl sites for hydroxylation is 2. The van der Waals surface area contributed by atoms with E-state index in [9.17, 15) is 8.42 Å². The van der Waals surface area contributed by atoms with Crippen molar-refractivity contribution in [2.45, 2.75) is 50.8 Å². The molecule has 1 aromatic heterocycles. The highest BCUT2D eigenvalue weighted by Gasteiger charge is 2.23.